The fourth-order valence-corrected chi connectivity index (χ4v) is 2.96. The first-order chi connectivity index (χ1) is 13.0. The minimum absolute atomic E-state index is 0.0661. The van der Waals surface area contributed by atoms with Gasteiger partial charge in [-0.3, -0.25) is 9.78 Å². The van der Waals surface area contributed by atoms with E-state index in [0.29, 0.717) is 17.0 Å². The van der Waals surface area contributed by atoms with Crippen molar-refractivity contribution in [1.82, 2.24) is 4.98 Å². The van der Waals surface area contributed by atoms with Gasteiger partial charge < -0.3 is 25.8 Å². The minimum Gasteiger partial charge on any atom is -0.497 e. The molecule has 8 heteroatoms. The molecule has 0 saturated carbocycles. The summed E-state index contributed by atoms with van der Waals surface area (Å²) in [5.41, 5.74) is 7.22. The fourth-order valence-electron chi connectivity index (χ4n) is 2.96. The van der Waals surface area contributed by atoms with Gasteiger partial charge in [0.05, 0.1) is 13.0 Å². The van der Waals surface area contributed by atoms with Crippen LogP contribution in [-0.2, 0) is 4.79 Å². The van der Waals surface area contributed by atoms with Gasteiger partial charge in [0.2, 0.25) is 5.91 Å². The Bertz CT molecular complexity index is 965. The first-order valence-electron chi connectivity index (χ1n) is 8.42. The van der Waals surface area contributed by atoms with Crippen LogP contribution in [0.2, 0.25) is 0 Å². The number of nitrogens with one attached hydrogen (secondary N) is 1. The molecule has 27 heavy (non-hydrogen) atoms. The molecule has 1 heterocycles. The average molecular weight is 365 g/mol. The van der Waals surface area contributed by atoms with E-state index >= 15 is 0 Å². The van der Waals surface area contributed by atoms with Crippen molar-refractivity contribution in [1.29, 1.82) is 0 Å². The van der Waals surface area contributed by atoms with E-state index < -0.39 is 13.0 Å². The lowest BCUT2D eigenvalue weighted by Gasteiger charge is -2.18. The van der Waals surface area contributed by atoms with Crippen molar-refractivity contribution in [2.45, 2.75) is 5.92 Å². The number of nitrogens with zero attached hydrogens (tertiary/aromatic N) is 1. The van der Waals surface area contributed by atoms with E-state index in [1.54, 1.807) is 30.6 Å². The zero-order valence-corrected chi connectivity index (χ0v) is 14.8. The van der Waals surface area contributed by atoms with Crippen LogP contribution in [0, 0.1) is 0 Å². The Hall–Kier alpha value is -2.94. The Morgan fingerprint density at radius 2 is 2.04 bits per heavy atom. The van der Waals surface area contributed by atoms with E-state index in [-0.39, 0.29) is 17.9 Å². The van der Waals surface area contributed by atoms with Gasteiger partial charge in [-0.1, -0.05) is 18.2 Å². The van der Waals surface area contributed by atoms with Crippen molar-refractivity contribution in [2.24, 2.45) is 5.73 Å². The number of ether oxygens (including phenoxy) is 1. The van der Waals surface area contributed by atoms with Crippen LogP contribution in [0.15, 0.2) is 54.9 Å². The molecule has 138 valence electrons. The second-order valence-corrected chi connectivity index (χ2v) is 6.09. The molecule has 3 rings (SSSR count). The molecule has 1 atom stereocenters. The number of pyridine rings is 1. The zero-order chi connectivity index (χ0) is 19.4. The quantitative estimate of drug-likeness (QED) is 0.476. The van der Waals surface area contributed by atoms with E-state index in [9.17, 15) is 14.8 Å². The van der Waals surface area contributed by atoms with Crippen molar-refractivity contribution >= 4 is 34.9 Å². The highest BCUT2D eigenvalue weighted by Gasteiger charge is 2.24. The largest absolute Gasteiger partial charge is 0.497 e. The minimum atomic E-state index is -1.71. The maximum absolute atomic E-state index is 12.8. The van der Waals surface area contributed by atoms with Gasteiger partial charge in [-0.25, -0.2) is 0 Å². The van der Waals surface area contributed by atoms with Crippen molar-refractivity contribution in [3.63, 3.8) is 0 Å². The van der Waals surface area contributed by atoms with Gasteiger partial charge in [0.15, 0.2) is 0 Å². The lowest BCUT2D eigenvalue weighted by molar-refractivity contribution is -0.117. The first kappa shape index (κ1) is 18.8. The molecule has 0 radical (unpaired) electrons. The molecule has 0 aliphatic heterocycles. The van der Waals surface area contributed by atoms with Crippen LogP contribution in [0.5, 0.6) is 5.75 Å². The third-order valence-electron chi connectivity index (χ3n) is 4.39. The van der Waals surface area contributed by atoms with E-state index in [2.05, 4.69) is 10.3 Å². The number of carbonyl (C=O) groups is 1. The van der Waals surface area contributed by atoms with Gasteiger partial charge >= 0.3 is 7.12 Å². The van der Waals surface area contributed by atoms with E-state index in [4.69, 9.17) is 10.5 Å². The number of amides is 1. The van der Waals surface area contributed by atoms with Gasteiger partial charge in [-0.15, -0.1) is 0 Å². The third-order valence-corrected chi connectivity index (χ3v) is 4.39. The number of rotatable bonds is 6. The summed E-state index contributed by atoms with van der Waals surface area (Å²) in [5, 5.41) is 23.9. The summed E-state index contributed by atoms with van der Waals surface area (Å²) in [7, 11) is -0.279. The molecule has 2 aromatic carbocycles. The molecule has 0 spiro atoms. The predicted molar refractivity (Wildman–Crippen MR) is 105 cm³/mol. The third kappa shape index (κ3) is 4.08. The second kappa shape index (κ2) is 8.17. The molecule has 0 aliphatic carbocycles. The van der Waals surface area contributed by atoms with Crippen molar-refractivity contribution in [2.75, 3.05) is 19.0 Å². The van der Waals surface area contributed by atoms with Crippen molar-refractivity contribution in [3.05, 3.63) is 60.4 Å². The first-order valence-corrected chi connectivity index (χ1v) is 8.42. The molecule has 0 fully saturated rings. The Morgan fingerprint density at radius 1 is 1.22 bits per heavy atom. The van der Waals surface area contributed by atoms with Crippen LogP contribution in [0.4, 0.5) is 5.69 Å². The monoisotopic (exact) mass is 365 g/mol. The average Bonchev–Trinajstić information content (AvgIpc) is 2.68. The van der Waals surface area contributed by atoms with Gasteiger partial charge in [0.1, 0.15) is 5.75 Å². The highest BCUT2D eigenvalue weighted by Crippen LogP contribution is 2.22. The van der Waals surface area contributed by atoms with E-state index in [0.717, 1.165) is 10.8 Å². The lowest BCUT2D eigenvalue weighted by Crippen LogP contribution is -2.33. The smallest absolute Gasteiger partial charge is 0.492 e. The molecule has 3 aromatic rings. The molecular weight excluding hydrogens is 345 g/mol. The predicted octanol–water partition coefficient (Wildman–Crippen LogP) is 0.604. The van der Waals surface area contributed by atoms with Crippen LogP contribution in [0.3, 0.4) is 0 Å². The summed E-state index contributed by atoms with van der Waals surface area (Å²) in [4.78, 5) is 16.8. The zero-order valence-electron chi connectivity index (χ0n) is 14.8. The summed E-state index contributed by atoms with van der Waals surface area (Å²) in [5.74, 6) is -0.607. The number of benzene rings is 2. The van der Waals surface area contributed by atoms with E-state index in [1.165, 1.54) is 13.2 Å². The summed E-state index contributed by atoms with van der Waals surface area (Å²) in [6.45, 7) is 0.0661. The van der Waals surface area contributed by atoms with Crippen LogP contribution >= 0.6 is 0 Å². The molecular formula is C19H20BN3O4. The molecule has 0 bridgehead atoms. The van der Waals surface area contributed by atoms with Gasteiger partial charge in [-0.05, 0) is 35.2 Å². The number of aromatic nitrogens is 1. The maximum Gasteiger partial charge on any atom is 0.492 e. The highest BCUT2D eigenvalue weighted by molar-refractivity contribution is 6.59. The SMILES string of the molecule is COc1ccc(C(CN)C(=O)Nc2ccc3cnccc3c2)cc1B(O)O. The van der Waals surface area contributed by atoms with Gasteiger partial charge in [0.25, 0.3) is 0 Å². The highest BCUT2D eigenvalue weighted by atomic mass is 16.5. The van der Waals surface area contributed by atoms with Crippen molar-refractivity contribution in [3.8, 4) is 5.75 Å². The number of methoxy groups -OCH3 is 1. The Labute approximate surface area is 156 Å². The molecule has 0 saturated heterocycles. The molecule has 5 N–H and O–H groups in total. The van der Waals surface area contributed by atoms with Crippen molar-refractivity contribution < 1.29 is 19.6 Å². The van der Waals surface area contributed by atoms with E-state index in [1.807, 2.05) is 18.2 Å². The normalized spacial score (nSPS) is 11.9. The summed E-state index contributed by atoms with van der Waals surface area (Å²) < 4.78 is 5.12. The number of nitrogens with two attached hydrogens (primary N) is 1. The van der Waals surface area contributed by atoms with Crippen LogP contribution in [0.25, 0.3) is 10.8 Å². The molecule has 1 aromatic heterocycles. The number of hydrogen-bond acceptors (Lipinski definition) is 6. The topological polar surface area (TPSA) is 118 Å². The van der Waals surface area contributed by atoms with Crippen LogP contribution in [-0.4, -0.2) is 41.7 Å². The van der Waals surface area contributed by atoms with Gasteiger partial charge in [0, 0.05) is 35.5 Å². The summed E-state index contributed by atoms with van der Waals surface area (Å²) in [6, 6.07) is 12.2. The Balaban J connectivity index is 1.86. The van der Waals surface area contributed by atoms with Crippen LogP contribution in [0.1, 0.15) is 11.5 Å². The molecule has 1 unspecified atom stereocenters. The molecule has 0 aliphatic rings. The number of carbonyl (C=O) groups excluding carboxylic acids is 1. The molecule has 1 amide bonds. The summed E-state index contributed by atoms with van der Waals surface area (Å²) >= 11 is 0. The number of hydrogen-bond donors (Lipinski definition) is 4. The Kier molecular flexibility index (Phi) is 5.70. The van der Waals surface area contributed by atoms with Crippen LogP contribution < -0.4 is 21.3 Å². The van der Waals surface area contributed by atoms with Gasteiger partial charge in [-0.2, -0.15) is 0 Å². The summed E-state index contributed by atoms with van der Waals surface area (Å²) in [6.07, 6.45) is 3.44. The lowest BCUT2D eigenvalue weighted by atomic mass is 9.77. The fraction of sp³-hybridized carbons (Fsp3) is 0.158. The maximum atomic E-state index is 12.8. The molecule has 7 nitrogen and oxygen atoms in total. The Morgan fingerprint density at radius 3 is 2.74 bits per heavy atom. The second-order valence-electron chi connectivity index (χ2n) is 6.09. The number of anilines is 1. The number of fused-ring (bicyclic) bond motifs is 1. The standard InChI is InChI=1S/C19H20BN3O4/c1-27-18-5-3-13(9-17(18)20(25)26)16(10-21)19(24)23-15-4-2-14-11-22-7-6-12(14)8-15/h2-9,11,16,25-26H,10,21H2,1H3,(H,23,24).